The molecule has 0 aliphatic carbocycles. The molecular formula is C20H40O4Pb. The molecule has 0 rings (SSSR count). The van der Waals surface area contributed by atoms with Crippen LogP contribution in [0.3, 0.4) is 0 Å². The summed E-state index contributed by atoms with van der Waals surface area (Å²) in [7, 11) is 0. The zero-order valence-corrected chi connectivity index (χ0v) is 22.9. The van der Waals surface area contributed by atoms with Crippen molar-refractivity contribution in [1.82, 2.24) is 0 Å². The van der Waals surface area contributed by atoms with E-state index < -0.39 is 22.8 Å². The summed E-state index contributed by atoms with van der Waals surface area (Å²) in [6, 6.07) is 0. The van der Waals surface area contributed by atoms with Crippen LogP contribution in [0.4, 0.5) is 0 Å². The molecule has 0 N–H and O–H groups in total. The van der Waals surface area contributed by atoms with Crippen LogP contribution >= 0.6 is 0 Å². The fourth-order valence-electron chi connectivity index (χ4n) is 3.02. The predicted octanol–water partition coefficient (Wildman–Crippen LogP) is 2.55. The second kappa shape index (κ2) is 16.1. The molecule has 0 aliphatic rings. The van der Waals surface area contributed by atoms with Crippen LogP contribution in [-0.4, -0.2) is 39.2 Å². The molecule has 0 fully saturated rings. The van der Waals surface area contributed by atoms with Crippen LogP contribution in [0, 0.1) is 10.8 Å². The Hall–Kier alpha value is -0.138. The molecule has 0 aliphatic heterocycles. The molecule has 0 unspecified atom stereocenters. The molecule has 25 heavy (non-hydrogen) atoms. The van der Waals surface area contributed by atoms with E-state index in [9.17, 15) is 19.8 Å². The van der Waals surface area contributed by atoms with Gasteiger partial charge in [-0.05, 0) is 38.5 Å². The third-order valence-electron chi connectivity index (χ3n) is 5.59. The SMILES string of the molecule is CCCCC(CC)(CC)C(=O)[O-].CCCCC(CC)(CC)C(=O)[O-].[PbH2+2]. The van der Waals surface area contributed by atoms with Gasteiger partial charge in [0.05, 0.1) is 0 Å². The number of aliphatic carboxylic acids is 2. The number of hydrogen-bond donors (Lipinski definition) is 0. The second-order valence-corrected chi connectivity index (χ2v) is 6.76. The zero-order valence-electron chi connectivity index (χ0n) is 17.4. The van der Waals surface area contributed by atoms with Gasteiger partial charge in [-0.25, -0.2) is 0 Å². The molecule has 0 bridgehead atoms. The van der Waals surface area contributed by atoms with E-state index in [2.05, 4.69) is 13.8 Å². The van der Waals surface area contributed by atoms with E-state index in [4.69, 9.17) is 0 Å². The van der Waals surface area contributed by atoms with Gasteiger partial charge in [-0.3, -0.25) is 0 Å². The summed E-state index contributed by atoms with van der Waals surface area (Å²) >= 11 is 0. The van der Waals surface area contributed by atoms with E-state index in [1.807, 2.05) is 27.7 Å². The molecule has 0 heterocycles. The number of carbonyl (C=O) groups excluding carboxylic acids is 2. The van der Waals surface area contributed by atoms with E-state index in [0.717, 1.165) is 38.5 Å². The molecule has 0 saturated heterocycles. The quantitative estimate of drug-likeness (QED) is 0.349. The number of hydrogen-bond acceptors (Lipinski definition) is 4. The van der Waals surface area contributed by atoms with Gasteiger partial charge in [-0.15, -0.1) is 0 Å². The molecule has 0 amide bonds. The normalized spacial score (nSPS) is 11.1. The standard InChI is InChI=1S/2C10H20O2.Pb.2H/c2*1-4-7-8-10(5-2,6-3)9(11)12;;;/h2*4-8H2,1-3H3,(H,11,12);;;/q;;+2;;/p-2. The first-order chi connectivity index (χ1) is 11.3. The van der Waals surface area contributed by atoms with Crippen molar-refractivity contribution in [2.24, 2.45) is 10.8 Å². The summed E-state index contributed by atoms with van der Waals surface area (Å²) in [5.41, 5.74) is -1.12. The fourth-order valence-corrected chi connectivity index (χ4v) is 3.02. The maximum absolute atomic E-state index is 10.9. The van der Waals surface area contributed by atoms with Crippen molar-refractivity contribution in [3.05, 3.63) is 0 Å². The second-order valence-electron chi connectivity index (χ2n) is 6.76. The van der Waals surface area contributed by atoms with Crippen molar-refractivity contribution in [2.45, 2.75) is 106 Å². The van der Waals surface area contributed by atoms with Crippen molar-refractivity contribution in [1.29, 1.82) is 0 Å². The summed E-state index contributed by atoms with van der Waals surface area (Å²) in [4.78, 5) is 21.8. The van der Waals surface area contributed by atoms with E-state index >= 15 is 0 Å². The summed E-state index contributed by atoms with van der Waals surface area (Å²) in [5.74, 6) is -1.75. The van der Waals surface area contributed by atoms with Crippen molar-refractivity contribution < 1.29 is 19.8 Å². The molecule has 0 aromatic heterocycles. The molecule has 5 heteroatoms. The van der Waals surface area contributed by atoms with Gasteiger partial charge in [0.2, 0.25) is 0 Å². The van der Waals surface area contributed by atoms with Gasteiger partial charge < -0.3 is 19.8 Å². The molecule has 0 aromatic rings. The molecule has 0 saturated carbocycles. The number of unbranched alkanes of at least 4 members (excludes halogenated alkanes) is 2. The summed E-state index contributed by atoms with van der Waals surface area (Å²) < 4.78 is 0. The predicted molar refractivity (Wildman–Crippen MR) is 104 cm³/mol. The molecule has 148 valence electrons. The van der Waals surface area contributed by atoms with Crippen LogP contribution in [0.25, 0.3) is 0 Å². The van der Waals surface area contributed by atoms with Crippen LogP contribution in [0.1, 0.15) is 106 Å². The first-order valence-electron chi connectivity index (χ1n) is 9.68. The van der Waals surface area contributed by atoms with Gasteiger partial charge in [0, 0.05) is 22.8 Å². The Morgan fingerprint density at radius 2 is 0.880 bits per heavy atom. The fraction of sp³-hybridized carbons (Fsp3) is 0.900. The van der Waals surface area contributed by atoms with Crippen LogP contribution in [-0.2, 0) is 9.59 Å². The van der Waals surface area contributed by atoms with Gasteiger partial charge in [0.25, 0.3) is 0 Å². The minimum atomic E-state index is -0.874. The number of carboxylic acids is 2. The van der Waals surface area contributed by atoms with E-state index in [-0.39, 0.29) is 27.3 Å². The van der Waals surface area contributed by atoms with Crippen molar-refractivity contribution in [3.8, 4) is 0 Å². The first kappa shape index (κ1) is 29.6. The van der Waals surface area contributed by atoms with Crippen LogP contribution < -0.4 is 10.2 Å². The summed E-state index contributed by atoms with van der Waals surface area (Å²) in [6.07, 6.45) is 8.34. The van der Waals surface area contributed by atoms with Crippen LogP contribution in [0.15, 0.2) is 0 Å². The Morgan fingerprint density at radius 3 is 1.00 bits per heavy atom. The Labute approximate surface area is 175 Å². The Bertz CT molecular complexity index is 314. The van der Waals surface area contributed by atoms with Crippen LogP contribution in [0.2, 0.25) is 0 Å². The molecular weight excluding hydrogens is 511 g/mol. The molecule has 0 aromatic carbocycles. The monoisotopic (exact) mass is 552 g/mol. The van der Waals surface area contributed by atoms with Gasteiger partial charge in [0.1, 0.15) is 0 Å². The van der Waals surface area contributed by atoms with E-state index in [0.29, 0.717) is 25.7 Å². The average Bonchev–Trinajstić information content (AvgIpc) is 2.58. The van der Waals surface area contributed by atoms with E-state index in [1.165, 1.54) is 0 Å². The van der Waals surface area contributed by atoms with Gasteiger partial charge in [-0.2, -0.15) is 0 Å². The number of carbonyl (C=O) groups is 2. The van der Waals surface area contributed by atoms with Crippen molar-refractivity contribution >= 4 is 39.2 Å². The molecule has 0 radical (unpaired) electrons. The Balaban J connectivity index is -0.000000372. The third-order valence-corrected chi connectivity index (χ3v) is 5.59. The van der Waals surface area contributed by atoms with Crippen LogP contribution in [0.5, 0.6) is 0 Å². The summed E-state index contributed by atoms with van der Waals surface area (Å²) in [6.45, 7) is 11.9. The first-order valence-corrected chi connectivity index (χ1v) is 9.68. The summed E-state index contributed by atoms with van der Waals surface area (Å²) in [5, 5.41) is 21.8. The van der Waals surface area contributed by atoms with Crippen molar-refractivity contribution in [2.75, 3.05) is 0 Å². The maximum atomic E-state index is 10.9. The zero-order chi connectivity index (χ0) is 19.2. The Kier molecular flexibility index (Phi) is 19.0. The molecule has 0 spiro atoms. The van der Waals surface area contributed by atoms with Gasteiger partial charge in [0.15, 0.2) is 0 Å². The minimum absolute atomic E-state index is 0. The third kappa shape index (κ3) is 9.95. The number of rotatable bonds is 12. The van der Waals surface area contributed by atoms with Gasteiger partial charge in [-0.1, -0.05) is 67.2 Å². The number of carboxylic acid groups (broad SMARTS) is 2. The molecule has 0 atom stereocenters. The molecule has 4 nitrogen and oxygen atoms in total. The average molecular weight is 552 g/mol. The Morgan fingerprint density at radius 1 is 0.640 bits per heavy atom. The van der Waals surface area contributed by atoms with E-state index in [1.54, 1.807) is 0 Å². The topological polar surface area (TPSA) is 80.3 Å². The van der Waals surface area contributed by atoms with Crippen molar-refractivity contribution in [3.63, 3.8) is 0 Å². The van der Waals surface area contributed by atoms with Gasteiger partial charge >= 0.3 is 27.3 Å².